The average molecular weight is 491 g/mol. The molecule has 3 aromatic carbocycles. The maximum Gasteiger partial charge on any atom is 0.267 e. The molecular weight excluding hydrogens is 470 g/mol. The van der Waals surface area contributed by atoms with Gasteiger partial charge < -0.3 is 4.90 Å². The molecule has 3 aromatic rings. The minimum absolute atomic E-state index is 0.109. The monoisotopic (exact) mass is 490 g/mol. The van der Waals surface area contributed by atoms with E-state index >= 15 is 0 Å². The summed E-state index contributed by atoms with van der Waals surface area (Å²) in [5.41, 5.74) is -0.575. The van der Waals surface area contributed by atoms with Gasteiger partial charge in [0.1, 0.15) is 11.6 Å². The van der Waals surface area contributed by atoms with Crippen LogP contribution >= 0.6 is 11.8 Å². The van der Waals surface area contributed by atoms with Crippen molar-refractivity contribution in [3.05, 3.63) is 95.6 Å². The number of rotatable bonds is 8. The molecule has 0 saturated heterocycles. The minimum Gasteiger partial charge on any atom is -0.307 e. The Morgan fingerprint density at radius 2 is 1.58 bits per heavy atom. The Bertz CT molecular complexity index is 1270. The molecule has 0 atom stereocenters. The number of nitrogens with zero attached hydrogens (tertiary/aromatic N) is 1. The first-order valence-electron chi connectivity index (χ1n) is 9.71. The van der Waals surface area contributed by atoms with Crippen LogP contribution in [0.5, 0.6) is 0 Å². The van der Waals surface area contributed by atoms with Crippen LogP contribution in [0.15, 0.2) is 77.7 Å². The Kier molecular flexibility index (Phi) is 7.83. The highest BCUT2D eigenvalue weighted by Gasteiger charge is 2.24. The molecule has 0 aromatic heterocycles. The molecule has 10 heteroatoms. The van der Waals surface area contributed by atoms with Crippen LogP contribution < -0.4 is 9.62 Å². The van der Waals surface area contributed by atoms with E-state index in [1.807, 2.05) is 11.0 Å². The highest BCUT2D eigenvalue weighted by atomic mass is 32.2. The van der Waals surface area contributed by atoms with Gasteiger partial charge in [-0.05, 0) is 48.7 Å². The number of anilines is 1. The van der Waals surface area contributed by atoms with Gasteiger partial charge in [-0.2, -0.15) is 11.8 Å². The van der Waals surface area contributed by atoms with Gasteiger partial charge in [0.15, 0.2) is 0 Å². The number of carbonyl (C=O) groups excluding carboxylic acids is 2. The largest absolute Gasteiger partial charge is 0.307 e. The van der Waals surface area contributed by atoms with E-state index in [1.54, 1.807) is 6.07 Å². The number of halogens is 2. The van der Waals surface area contributed by atoms with Crippen LogP contribution in [0.4, 0.5) is 14.5 Å². The third-order valence-electron chi connectivity index (χ3n) is 4.66. The van der Waals surface area contributed by atoms with Crippen molar-refractivity contribution in [2.45, 2.75) is 4.90 Å². The summed E-state index contributed by atoms with van der Waals surface area (Å²) in [6, 6.07) is 16.0. The second kappa shape index (κ2) is 10.6. The lowest BCUT2D eigenvalue weighted by molar-refractivity contribution is 0.0973. The van der Waals surface area contributed by atoms with E-state index in [-0.39, 0.29) is 22.7 Å². The van der Waals surface area contributed by atoms with Crippen molar-refractivity contribution in [3.8, 4) is 0 Å². The van der Waals surface area contributed by atoms with Crippen molar-refractivity contribution in [1.82, 2.24) is 4.72 Å². The van der Waals surface area contributed by atoms with E-state index in [2.05, 4.69) is 0 Å². The van der Waals surface area contributed by atoms with E-state index in [4.69, 9.17) is 0 Å². The maximum absolute atomic E-state index is 14.8. The fourth-order valence-corrected chi connectivity index (χ4v) is 4.35. The number of benzene rings is 3. The van der Waals surface area contributed by atoms with Crippen LogP contribution in [0.2, 0.25) is 0 Å². The van der Waals surface area contributed by atoms with Crippen LogP contribution in [0.3, 0.4) is 0 Å². The number of nitrogens with one attached hydrogen (secondary N) is 1. The molecule has 0 unspecified atom stereocenters. The minimum atomic E-state index is -4.19. The van der Waals surface area contributed by atoms with E-state index < -0.39 is 39.0 Å². The van der Waals surface area contributed by atoms with Crippen molar-refractivity contribution in [2.24, 2.45) is 0 Å². The molecular formula is C23H20F2N2O4S2. The fourth-order valence-electron chi connectivity index (χ4n) is 3.00. The number of amides is 2. The lowest BCUT2D eigenvalue weighted by atomic mass is 10.1. The van der Waals surface area contributed by atoms with Crippen LogP contribution in [0, 0.1) is 11.6 Å². The number of hydrogen-bond donors (Lipinski definition) is 1. The molecule has 0 saturated carbocycles. The standard InChI is InChI=1S/C23H20F2N2O4S2/c1-32-14-13-27(23(29)19-9-5-6-10-20(19)24)16-11-12-18(21(25)15-16)22(28)26-33(30,31)17-7-3-2-4-8-17/h2-12,15H,13-14H2,1H3,(H,26,28). The number of thioether (sulfide) groups is 1. The molecule has 0 aliphatic carbocycles. The third-order valence-corrected chi connectivity index (χ3v) is 6.60. The zero-order valence-corrected chi connectivity index (χ0v) is 19.1. The van der Waals surface area contributed by atoms with Gasteiger partial charge in [-0.1, -0.05) is 30.3 Å². The first-order valence-corrected chi connectivity index (χ1v) is 12.6. The molecule has 0 spiro atoms. The molecule has 0 bridgehead atoms. The van der Waals surface area contributed by atoms with Gasteiger partial charge in [-0.3, -0.25) is 9.59 Å². The van der Waals surface area contributed by atoms with Gasteiger partial charge in [0.05, 0.1) is 16.0 Å². The summed E-state index contributed by atoms with van der Waals surface area (Å²) in [5.74, 6) is -3.05. The topological polar surface area (TPSA) is 83.6 Å². The maximum atomic E-state index is 14.8. The first-order chi connectivity index (χ1) is 15.7. The molecule has 6 nitrogen and oxygen atoms in total. The molecule has 3 rings (SSSR count). The Hall–Kier alpha value is -3.24. The lowest BCUT2D eigenvalue weighted by Gasteiger charge is -2.23. The lowest BCUT2D eigenvalue weighted by Crippen LogP contribution is -2.34. The molecule has 0 aliphatic heterocycles. The van der Waals surface area contributed by atoms with E-state index in [1.165, 1.54) is 65.2 Å². The zero-order chi connectivity index (χ0) is 24.0. The van der Waals surface area contributed by atoms with Gasteiger partial charge in [0, 0.05) is 18.0 Å². The summed E-state index contributed by atoms with van der Waals surface area (Å²) in [5, 5.41) is 0. The summed E-state index contributed by atoms with van der Waals surface area (Å²) in [7, 11) is -4.19. The second-order valence-corrected chi connectivity index (χ2v) is 9.51. The summed E-state index contributed by atoms with van der Waals surface area (Å²) in [6.07, 6.45) is 1.83. The van der Waals surface area contributed by atoms with Crippen LogP contribution in [-0.2, 0) is 10.0 Å². The molecule has 172 valence electrons. The Morgan fingerprint density at radius 1 is 0.909 bits per heavy atom. The highest BCUT2D eigenvalue weighted by Crippen LogP contribution is 2.23. The van der Waals surface area contributed by atoms with Crippen molar-refractivity contribution in [3.63, 3.8) is 0 Å². The molecule has 0 aliphatic rings. The van der Waals surface area contributed by atoms with E-state index in [0.717, 1.165) is 18.2 Å². The number of hydrogen-bond acceptors (Lipinski definition) is 5. The molecule has 0 fully saturated rings. The van der Waals surface area contributed by atoms with E-state index in [0.29, 0.717) is 5.75 Å². The first kappa shape index (κ1) is 24.4. The summed E-state index contributed by atoms with van der Waals surface area (Å²) in [6.45, 7) is 0.168. The van der Waals surface area contributed by atoms with Crippen LogP contribution in [0.25, 0.3) is 0 Å². The average Bonchev–Trinajstić information content (AvgIpc) is 2.79. The SMILES string of the molecule is CSCCN(C(=O)c1ccccc1F)c1ccc(C(=O)NS(=O)(=O)c2ccccc2)c(F)c1. The molecule has 33 heavy (non-hydrogen) atoms. The zero-order valence-electron chi connectivity index (χ0n) is 17.5. The smallest absolute Gasteiger partial charge is 0.267 e. The van der Waals surface area contributed by atoms with Gasteiger partial charge in [0.25, 0.3) is 21.8 Å². The molecule has 0 heterocycles. The van der Waals surface area contributed by atoms with Crippen LogP contribution in [0.1, 0.15) is 20.7 Å². The molecule has 2 amide bonds. The van der Waals surface area contributed by atoms with Crippen molar-refractivity contribution in [2.75, 3.05) is 23.5 Å². The Balaban J connectivity index is 1.88. The quantitative estimate of drug-likeness (QED) is 0.514. The highest BCUT2D eigenvalue weighted by molar-refractivity contribution is 7.98. The van der Waals surface area contributed by atoms with Gasteiger partial charge in [0.2, 0.25) is 0 Å². The van der Waals surface area contributed by atoms with Crippen molar-refractivity contribution >= 4 is 39.3 Å². The Labute approximate surface area is 194 Å². The number of sulfonamides is 1. The molecule has 1 N–H and O–H groups in total. The summed E-state index contributed by atoms with van der Waals surface area (Å²) in [4.78, 5) is 26.5. The summed E-state index contributed by atoms with van der Waals surface area (Å²) < 4.78 is 55.5. The van der Waals surface area contributed by atoms with Crippen molar-refractivity contribution < 1.29 is 26.8 Å². The summed E-state index contributed by atoms with van der Waals surface area (Å²) >= 11 is 1.45. The van der Waals surface area contributed by atoms with Gasteiger partial charge in [-0.15, -0.1) is 0 Å². The predicted octanol–water partition coefficient (Wildman–Crippen LogP) is 4.09. The Morgan fingerprint density at radius 3 is 2.21 bits per heavy atom. The van der Waals surface area contributed by atoms with Crippen LogP contribution in [-0.4, -0.2) is 38.8 Å². The number of carbonyl (C=O) groups is 2. The molecule has 0 radical (unpaired) electrons. The van der Waals surface area contributed by atoms with Crippen molar-refractivity contribution in [1.29, 1.82) is 0 Å². The van der Waals surface area contributed by atoms with Gasteiger partial charge >= 0.3 is 0 Å². The van der Waals surface area contributed by atoms with Gasteiger partial charge in [-0.25, -0.2) is 21.9 Å². The predicted molar refractivity (Wildman–Crippen MR) is 124 cm³/mol. The second-order valence-electron chi connectivity index (χ2n) is 6.84. The third kappa shape index (κ3) is 5.77. The fraction of sp³-hybridized carbons (Fsp3) is 0.130. The normalized spacial score (nSPS) is 11.1. The van der Waals surface area contributed by atoms with E-state index in [9.17, 15) is 26.8 Å².